The van der Waals surface area contributed by atoms with Crippen LogP contribution in [-0.4, -0.2) is 27.0 Å². The van der Waals surface area contributed by atoms with Crippen LogP contribution in [0.3, 0.4) is 0 Å². The molecule has 0 saturated carbocycles. The van der Waals surface area contributed by atoms with Crippen molar-refractivity contribution in [2.45, 2.75) is 13.1 Å². The lowest BCUT2D eigenvalue weighted by molar-refractivity contribution is 0.657. The fraction of sp³-hybridized carbons (Fsp3) is 0.250. The molecule has 2 aromatic heterocycles. The largest absolute Gasteiger partial charge is 0.314 e. The Morgan fingerprint density at radius 3 is 3.11 bits per heavy atom. The van der Waals surface area contributed by atoms with Crippen LogP contribution in [0.2, 0.25) is 0 Å². The molecule has 0 saturated heterocycles. The molecule has 0 aliphatic rings. The molecule has 0 radical (unpaired) electrons. The number of nitrogens with one attached hydrogen (secondary N) is 1. The van der Waals surface area contributed by atoms with Crippen molar-refractivity contribution in [1.29, 1.82) is 0 Å². The molecule has 92 valence electrons. The molecular weight excluding hydrogens is 246 g/mol. The third kappa shape index (κ3) is 2.12. The maximum Gasteiger partial charge on any atom is 0.113 e. The number of fused-ring (bicyclic) bond motifs is 1. The van der Waals surface area contributed by atoms with E-state index < -0.39 is 0 Å². The van der Waals surface area contributed by atoms with Gasteiger partial charge in [0.05, 0.1) is 17.8 Å². The van der Waals surface area contributed by atoms with Crippen molar-refractivity contribution in [2.75, 3.05) is 7.05 Å². The van der Waals surface area contributed by atoms with Crippen LogP contribution in [0.1, 0.15) is 10.7 Å². The molecule has 18 heavy (non-hydrogen) atoms. The van der Waals surface area contributed by atoms with Crippen LogP contribution in [0.25, 0.3) is 11.0 Å². The van der Waals surface area contributed by atoms with Crippen LogP contribution < -0.4 is 5.32 Å². The standard InChI is InChI=1S/C12H13N5S/c1-13-6-12-14-9(8-18-12)7-17-11-5-3-2-4-10(11)15-16-17/h2-5,8,13H,6-7H2,1H3. The van der Waals surface area contributed by atoms with E-state index in [-0.39, 0.29) is 0 Å². The van der Waals surface area contributed by atoms with Crippen LogP contribution in [0.5, 0.6) is 0 Å². The fourth-order valence-corrected chi connectivity index (χ4v) is 2.64. The Bertz CT molecular complexity index is 657. The molecule has 0 spiro atoms. The molecule has 0 atom stereocenters. The Kier molecular flexibility index (Phi) is 3.04. The zero-order valence-electron chi connectivity index (χ0n) is 10.00. The van der Waals surface area contributed by atoms with Crippen LogP contribution in [0.4, 0.5) is 0 Å². The van der Waals surface area contributed by atoms with Crippen molar-refractivity contribution in [1.82, 2.24) is 25.3 Å². The predicted octanol–water partition coefficient (Wildman–Crippen LogP) is 1.66. The first-order chi connectivity index (χ1) is 8.86. The molecule has 0 amide bonds. The van der Waals surface area contributed by atoms with E-state index in [4.69, 9.17) is 0 Å². The first kappa shape index (κ1) is 11.3. The van der Waals surface area contributed by atoms with Gasteiger partial charge < -0.3 is 5.32 Å². The number of para-hydroxylation sites is 1. The average Bonchev–Trinajstić information content (AvgIpc) is 2.99. The number of rotatable bonds is 4. The minimum atomic E-state index is 0.667. The van der Waals surface area contributed by atoms with Gasteiger partial charge in [0, 0.05) is 11.9 Å². The van der Waals surface area contributed by atoms with E-state index in [2.05, 4.69) is 26.0 Å². The summed E-state index contributed by atoms with van der Waals surface area (Å²) in [7, 11) is 1.92. The minimum absolute atomic E-state index is 0.667. The number of aromatic nitrogens is 4. The highest BCUT2D eigenvalue weighted by Gasteiger charge is 2.06. The zero-order chi connectivity index (χ0) is 12.4. The summed E-state index contributed by atoms with van der Waals surface area (Å²) in [6.45, 7) is 1.48. The van der Waals surface area contributed by atoms with Crippen molar-refractivity contribution >= 4 is 22.4 Å². The van der Waals surface area contributed by atoms with Gasteiger partial charge in [-0.1, -0.05) is 17.3 Å². The summed E-state index contributed by atoms with van der Waals surface area (Å²) in [5.41, 5.74) is 2.99. The molecule has 1 aromatic carbocycles. The highest BCUT2D eigenvalue weighted by atomic mass is 32.1. The summed E-state index contributed by atoms with van der Waals surface area (Å²) in [6, 6.07) is 7.95. The molecule has 0 aliphatic carbocycles. The van der Waals surface area contributed by atoms with Crippen LogP contribution >= 0.6 is 11.3 Å². The quantitative estimate of drug-likeness (QED) is 0.774. The number of nitrogens with zero attached hydrogens (tertiary/aromatic N) is 4. The third-order valence-corrected chi connectivity index (χ3v) is 3.56. The van der Waals surface area contributed by atoms with Crippen molar-refractivity contribution in [2.24, 2.45) is 0 Å². The smallest absolute Gasteiger partial charge is 0.113 e. The monoisotopic (exact) mass is 259 g/mol. The van der Waals surface area contributed by atoms with Crippen molar-refractivity contribution < 1.29 is 0 Å². The van der Waals surface area contributed by atoms with Gasteiger partial charge in [-0.05, 0) is 19.2 Å². The molecule has 2 heterocycles. The molecule has 0 fully saturated rings. The molecule has 0 unspecified atom stereocenters. The van der Waals surface area contributed by atoms with Crippen molar-refractivity contribution in [3.63, 3.8) is 0 Å². The van der Waals surface area contributed by atoms with Gasteiger partial charge in [-0.3, -0.25) is 0 Å². The Hall–Kier alpha value is -1.79. The Morgan fingerprint density at radius 2 is 2.22 bits per heavy atom. The van der Waals surface area contributed by atoms with Gasteiger partial charge in [-0.2, -0.15) is 0 Å². The number of hydrogen-bond acceptors (Lipinski definition) is 5. The second-order valence-electron chi connectivity index (χ2n) is 4.00. The van der Waals surface area contributed by atoms with E-state index in [0.29, 0.717) is 6.54 Å². The molecular formula is C12H13N5S. The topological polar surface area (TPSA) is 55.6 Å². The third-order valence-electron chi connectivity index (χ3n) is 2.66. The summed E-state index contributed by atoms with van der Waals surface area (Å²) in [4.78, 5) is 4.55. The lowest BCUT2D eigenvalue weighted by atomic mass is 10.3. The van der Waals surface area contributed by atoms with Gasteiger partial charge >= 0.3 is 0 Å². The van der Waals surface area contributed by atoms with E-state index in [9.17, 15) is 0 Å². The summed E-state index contributed by atoms with van der Waals surface area (Å²) in [5, 5.41) is 14.6. The van der Waals surface area contributed by atoms with Gasteiger partial charge in [-0.25, -0.2) is 9.67 Å². The number of hydrogen-bond donors (Lipinski definition) is 1. The second kappa shape index (κ2) is 4.83. The first-order valence-electron chi connectivity index (χ1n) is 5.73. The lowest BCUT2D eigenvalue weighted by Crippen LogP contribution is -2.06. The molecule has 3 rings (SSSR count). The van der Waals surface area contributed by atoms with E-state index in [0.717, 1.165) is 28.3 Å². The van der Waals surface area contributed by atoms with Gasteiger partial charge in [0.25, 0.3) is 0 Å². The van der Waals surface area contributed by atoms with Gasteiger partial charge in [0.15, 0.2) is 0 Å². The molecule has 5 nitrogen and oxygen atoms in total. The molecule has 0 bridgehead atoms. The van der Waals surface area contributed by atoms with Crippen molar-refractivity contribution in [3.8, 4) is 0 Å². The maximum absolute atomic E-state index is 4.55. The summed E-state index contributed by atoms with van der Waals surface area (Å²) in [6.07, 6.45) is 0. The van der Waals surface area contributed by atoms with Gasteiger partial charge in [0.1, 0.15) is 10.5 Å². The maximum atomic E-state index is 4.55. The van der Waals surface area contributed by atoms with E-state index >= 15 is 0 Å². The summed E-state index contributed by atoms with van der Waals surface area (Å²) >= 11 is 1.67. The Labute approximate surface area is 108 Å². The van der Waals surface area contributed by atoms with Crippen LogP contribution in [0.15, 0.2) is 29.6 Å². The van der Waals surface area contributed by atoms with Crippen molar-refractivity contribution in [3.05, 3.63) is 40.3 Å². The van der Waals surface area contributed by atoms with Gasteiger partial charge in [0.2, 0.25) is 0 Å². The SMILES string of the molecule is CNCc1nc(Cn2nnc3ccccc32)cs1. The van der Waals surface area contributed by atoms with Crippen LogP contribution in [-0.2, 0) is 13.1 Å². The summed E-state index contributed by atoms with van der Waals surface area (Å²) < 4.78 is 1.88. The number of thiazole rings is 1. The average molecular weight is 259 g/mol. The molecule has 1 N–H and O–H groups in total. The van der Waals surface area contributed by atoms with E-state index in [1.807, 2.05) is 36.0 Å². The van der Waals surface area contributed by atoms with Crippen LogP contribution in [0, 0.1) is 0 Å². The fourth-order valence-electron chi connectivity index (χ4n) is 1.84. The zero-order valence-corrected chi connectivity index (χ0v) is 10.8. The second-order valence-corrected chi connectivity index (χ2v) is 4.94. The van der Waals surface area contributed by atoms with Gasteiger partial charge in [-0.15, -0.1) is 16.4 Å². The Balaban J connectivity index is 1.87. The normalized spacial score (nSPS) is 11.2. The minimum Gasteiger partial charge on any atom is -0.314 e. The Morgan fingerprint density at radius 1 is 1.33 bits per heavy atom. The highest BCUT2D eigenvalue weighted by Crippen LogP contribution is 2.14. The molecule has 0 aliphatic heterocycles. The number of benzene rings is 1. The first-order valence-corrected chi connectivity index (χ1v) is 6.61. The lowest BCUT2D eigenvalue weighted by Gasteiger charge is -1.98. The molecule has 3 aromatic rings. The highest BCUT2D eigenvalue weighted by molar-refractivity contribution is 7.09. The van der Waals surface area contributed by atoms with E-state index in [1.165, 1.54) is 0 Å². The predicted molar refractivity (Wildman–Crippen MR) is 71.5 cm³/mol. The summed E-state index contributed by atoms with van der Waals surface area (Å²) in [5.74, 6) is 0. The van der Waals surface area contributed by atoms with E-state index in [1.54, 1.807) is 11.3 Å². The molecule has 6 heteroatoms.